The first-order valence-electron chi connectivity index (χ1n) is 4.21. The van der Waals surface area contributed by atoms with Crippen LogP contribution in [-0.4, -0.2) is 12.9 Å². The highest BCUT2D eigenvalue weighted by Gasteiger charge is 2.14. The summed E-state index contributed by atoms with van der Waals surface area (Å²) in [7, 11) is 0. The number of hydrogen-bond acceptors (Lipinski definition) is 2. The van der Waals surface area contributed by atoms with Crippen LogP contribution in [0.25, 0.3) is 0 Å². The van der Waals surface area contributed by atoms with Gasteiger partial charge in [-0.1, -0.05) is 11.6 Å². The Morgan fingerprint density at radius 1 is 1.46 bits per heavy atom. The molecule has 1 aliphatic heterocycles. The van der Waals surface area contributed by atoms with E-state index >= 15 is 0 Å². The zero-order valence-electron chi connectivity index (χ0n) is 7.05. The normalized spacial score (nSPS) is 14.5. The second kappa shape index (κ2) is 3.38. The quantitative estimate of drug-likeness (QED) is 0.645. The second-order valence-electron chi connectivity index (χ2n) is 3.06. The first kappa shape index (κ1) is 8.57. The highest BCUT2D eigenvalue weighted by atomic mass is 35.5. The first-order valence-corrected chi connectivity index (χ1v) is 4.59. The van der Waals surface area contributed by atoms with Crippen LogP contribution in [0, 0.1) is 0 Å². The van der Waals surface area contributed by atoms with Gasteiger partial charge < -0.3 is 4.74 Å². The number of aldehydes is 1. The van der Waals surface area contributed by atoms with E-state index < -0.39 is 0 Å². The molecule has 2 rings (SSSR count). The van der Waals surface area contributed by atoms with E-state index in [1.807, 2.05) is 6.07 Å². The highest BCUT2D eigenvalue weighted by Crippen LogP contribution is 2.33. The summed E-state index contributed by atoms with van der Waals surface area (Å²) in [6.07, 6.45) is 2.74. The summed E-state index contributed by atoms with van der Waals surface area (Å²) >= 11 is 5.94. The fraction of sp³-hybridized carbons (Fsp3) is 0.300. The van der Waals surface area contributed by atoms with Crippen molar-refractivity contribution in [3.05, 3.63) is 28.3 Å². The van der Waals surface area contributed by atoms with Gasteiger partial charge in [0.25, 0.3) is 0 Å². The lowest BCUT2D eigenvalue weighted by atomic mass is 10.0. The molecular weight excluding hydrogens is 188 g/mol. The molecule has 1 aromatic carbocycles. The molecule has 3 heteroatoms. The van der Waals surface area contributed by atoms with Crippen LogP contribution in [0.2, 0.25) is 5.02 Å². The maximum Gasteiger partial charge on any atom is 0.150 e. The molecule has 2 nitrogen and oxygen atoms in total. The molecule has 1 aliphatic rings. The van der Waals surface area contributed by atoms with Crippen molar-refractivity contribution in [1.29, 1.82) is 0 Å². The number of carbonyl (C=O) groups excluding carboxylic acids is 1. The summed E-state index contributed by atoms with van der Waals surface area (Å²) < 4.78 is 5.41. The summed E-state index contributed by atoms with van der Waals surface area (Å²) in [6, 6.07) is 3.48. The molecule has 1 heterocycles. The molecule has 0 fully saturated rings. The van der Waals surface area contributed by atoms with E-state index in [1.165, 1.54) is 0 Å². The van der Waals surface area contributed by atoms with Crippen molar-refractivity contribution in [3.63, 3.8) is 0 Å². The molecule has 0 aromatic heterocycles. The summed E-state index contributed by atoms with van der Waals surface area (Å²) in [5.74, 6) is 0.749. The van der Waals surface area contributed by atoms with E-state index in [0.29, 0.717) is 17.2 Å². The van der Waals surface area contributed by atoms with Crippen molar-refractivity contribution in [2.24, 2.45) is 0 Å². The third-order valence-corrected chi connectivity index (χ3v) is 2.40. The molecule has 1 aromatic rings. The van der Waals surface area contributed by atoms with Crippen molar-refractivity contribution in [1.82, 2.24) is 0 Å². The number of benzene rings is 1. The third-order valence-electron chi connectivity index (χ3n) is 2.12. The Labute approximate surface area is 81.5 Å². The molecule has 0 amide bonds. The molecule has 0 saturated heterocycles. The van der Waals surface area contributed by atoms with Gasteiger partial charge in [-0.25, -0.2) is 0 Å². The predicted molar refractivity (Wildman–Crippen MR) is 50.7 cm³/mol. The van der Waals surface area contributed by atoms with Crippen LogP contribution in [0.3, 0.4) is 0 Å². The van der Waals surface area contributed by atoms with Gasteiger partial charge in [-0.05, 0) is 30.5 Å². The van der Waals surface area contributed by atoms with E-state index in [4.69, 9.17) is 16.3 Å². The average molecular weight is 197 g/mol. The summed E-state index contributed by atoms with van der Waals surface area (Å²) in [5.41, 5.74) is 1.66. The minimum absolute atomic E-state index is 0.541. The molecule has 0 bridgehead atoms. The Hall–Kier alpha value is -1.02. The van der Waals surface area contributed by atoms with Crippen LogP contribution in [0.5, 0.6) is 5.75 Å². The Morgan fingerprint density at radius 3 is 3.08 bits per heavy atom. The van der Waals surface area contributed by atoms with Gasteiger partial charge in [0.15, 0.2) is 0 Å². The number of ether oxygens (including phenoxy) is 1. The average Bonchev–Trinajstić information content (AvgIpc) is 2.18. The molecular formula is C10H9ClO2. The lowest BCUT2D eigenvalue weighted by Gasteiger charge is -2.18. The van der Waals surface area contributed by atoms with Crippen LogP contribution in [-0.2, 0) is 6.42 Å². The van der Waals surface area contributed by atoms with Gasteiger partial charge in [-0.2, -0.15) is 0 Å². The van der Waals surface area contributed by atoms with Crippen molar-refractivity contribution >= 4 is 17.9 Å². The fourth-order valence-electron chi connectivity index (χ4n) is 1.53. The van der Waals surface area contributed by atoms with Gasteiger partial charge in [0.05, 0.1) is 11.6 Å². The molecule has 0 radical (unpaired) electrons. The van der Waals surface area contributed by atoms with Crippen LogP contribution in [0.1, 0.15) is 22.3 Å². The molecule has 13 heavy (non-hydrogen) atoms. The number of rotatable bonds is 1. The molecule has 68 valence electrons. The van der Waals surface area contributed by atoms with Crippen LogP contribution in [0.4, 0.5) is 0 Å². The number of hydrogen-bond donors (Lipinski definition) is 0. The molecule has 0 saturated carbocycles. The zero-order chi connectivity index (χ0) is 9.26. The van der Waals surface area contributed by atoms with Crippen LogP contribution < -0.4 is 4.74 Å². The second-order valence-corrected chi connectivity index (χ2v) is 3.47. The summed E-state index contributed by atoms with van der Waals surface area (Å²) in [4.78, 5) is 10.5. The number of fused-ring (bicyclic) bond motifs is 1. The molecule has 0 unspecified atom stereocenters. The fourth-order valence-corrected chi connectivity index (χ4v) is 1.83. The van der Waals surface area contributed by atoms with E-state index in [1.54, 1.807) is 6.07 Å². The minimum Gasteiger partial charge on any atom is -0.492 e. The van der Waals surface area contributed by atoms with Gasteiger partial charge >= 0.3 is 0 Å². The highest BCUT2D eigenvalue weighted by molar-refractivity contribution is 6.32. The van der Waals surface area contributed by atoms with Crippen molar-refractivity contribution in [3.8, 4) is 5.75 Å². The Balaban J connectivity index is 2.52. The lowest BCUT2D eigenvalue weighted by molar-refractivity contribution is 0.112. The van der Waals surface area contributed by atoms with Gasteiger partial charge in [0, 0.05) is 5.56 Å². The Bertz CT molecular complexity index is 347. The third kappa shape index (κ3) is 1.54. The van der Waals surface area contributed by atoms with Gasteiger partial charge in [-0.3, -0.25) is 4.79 Å². The number of halogens is 1. The zero-order valence-corrected chi connectivity index (χ0v) is 7.80. The SMILES string of the molecule is O=Cc1cc(Cl)c2c(c1)CCCO2. The number of carbonyl (C=O) groups is 1. The monoisotopic (exact) mass is 196 g/mol. The van der Waals surface area contributed by atoms with Crippen LogP contribution in [0.15, 0.2) is 12.1 Å². The topological polar surface area (TPSA) is 26.3 Å². The molecule has 0 aliphatic carbocycles. The predicted octanol–water partition coefficient (Wildman–Crippen LogP) is 2.48. The maximum atomic E-state index is 10.5. The van der Waals surface area contributed by atoms with Crippen LogP contribution >= 0.6 is 11.6 Å². The van der Waals surface area contributed by atoms with E-state index in [2.05, 4.69) is 0 Å². The van der Waals surface area contributed by atoms with E-state index in [9.17, 15) is 4.79 Å². The lowest BCUT2D eigenvalue weighted by Crippen LogP contribution is -2.09. The Morgan fingerprint density at radius 2 is 2.31 bits per heavy atom. The van der Waals surface area contributed by atoms with E-state index in [-0.39, 0.29) is 0 Å². The van der Waals surface area contributed by atoms with Gasteiger partial charge in [0.1, 0.15) is 12.0 Å². The van der Waals surface area contributed by atoms with Crippen molar-refractivity contribution < 1.29 is 9.53 Å². The molecule has 0 atom stereocenters. The summed E-state index contributed by atoms with van der Waals surface area (Å²) in [6.45, 7) is 0.715. The van der Waals surface area contributed by atoms with Crippen molar-refractivity contribution in [2.75, 3.05) is 6.61 Å². The largest absolute Gasteiger partial charge is 0.492 e. The standard InChI is InChI=1S/C10H9ClO2/c11-9-5-7(6-12)4-8-2-1-3-13-10(8)9/h4-6H,1-3H2. The molecule has 0 N–H and O–H groups in total. The van der Waals surface area contributed by atoms with E-state index in [0.717, 1.165) is 30.4 Å². The number of aryl methyl sites for hydroxylation is 1. The minimum atomic E-state index is 0.541. The van der Waals surface area contributed by atoms with Gasteiger partial charge in [-0.15, -0.1) is 0 Å². The van der Waals surface area contributed by atoms with Crippen molar-refractivity contribution in [2.45, 2.75) is 12.8 Å². The smallest absolute Gasteiger partial charge is 0.150 e. The first-order chi connectivity index (χ1) is 6.31. The Kier molecular flexibility index (Phi) is 2.23. The maximum absolute atomic E-state index is 10.5. The van der Waals surface area contributed by atoms with Gasteiger partial charge in [0.2, 0.25) is 0 Å². The molecule has 0 spiro atoms. The summed E-state index contributed by atoms with van der Waals surface area (Å²) in [5, 5.41) is 0.541.